The molecule has 1 saturated heterocycles. The molecule has 1 aliphatic rings. The van der Waals surface area contributed by atoms with Crippen LogP contribution in [0.3, 0.4) is 0 Å². The van der Waals surface area contributed by atoms with Crippen molar-refractivity contribution < 1.29 is 14.3 Å². The molecule has 25 heavy (non-hydrogen) atoms. The molecule has 6 heteroatoms. The van der Waals surface area contributed by atoms with Gasteiger partial charge in [0.05, 0.1) is 29.0 Å². The van der Waals surface area contributed by atoms with Gasteiger partial charge in [0.15, 0.2) is 5.78 Å². The average Bonchev–Trinajstić information content (AvgIpc) is 3.13. The summed E-state index contributed by atoms with van der Waals surface area (Å²) in [4.78, 5) is 27.6. The molecule has 0 aliphatic carbocycles. The number of carbonyl (C=O) groups excluding carboxylic acids is 2. The van der Waals surface area contributed by atoms with Crippen LogP contribution in [0.15, 0.2) is 42.5 Å². The Kier molecular flexibility index (Phi) is 5.96. The van der Waals surface area contributed by atoms with E-state index in [0.717, 1.165) is 38.4 Å². The Morgan fingerprint density at radius 1 is 1.12 bits per heavy atom. The molecule has 0 radical (unpaired) electrons. The van der Waals surface area contributed by atoms with Gasteiger partial charge < -0.3 is 10.1 Å². The molecule has 3 rings (SSSR count). The number of hydrogen-bond donors (Lipinski definition) is 1. The van der Waals surface area contributed by atoms with E-state index in [0.29, 0.717) is 9.75 Å². The van der Waals surface area contributed by atoms with Gasteiger partial charge in [-0.05, 0) is 24.6 Å². The maximum absolute atomic E-state index is 12.7. The van der Waals surface area contributed by atoms with E-state index in [1.807, 2.05) is 30.3 Å². The second kappa shape index (κ2) is 8.38. The van der Waals surface area contributed by atoms with Gasteiger partial charge in [-0.15, -0.1) is 11.3 Å². The number of carbonyl (C=O) groups is 2. The second-order valence-corrected chi connectivity index (χ2v) is 7.15. The predicted molar refractivity (Wildman–Crippen MR) is 98.2 cm³/mol. The zero-order chi connectivity index (χ0) is 17.6. The van der Waals surface area contributed by atoms with Crippen molar-refractivity contribution in [1.29, 1.82) is 0 Å². The lowest BCUT2D eigenvalue weighted by Crippen LogP contribution is -2.43. The van der Waals surface area contributed by atoms with Crippen LogP contribution in [0.4, 0.5) is 0 Å². The normalized spacial score (nSPS) is 16.4. The smallest absolute Gasteiger partial charge is 0.261 e. The largest absolute Gasteiger partial charge is 0.379 e. The summed E-state index contributed by atoms with van der Waals surface area (Å²) < 4.78 is 5.40. The number of ether oxygens (including phenoxy) is 1. The zero-order valence-corrected chi connectivity index (χ0v) is 15.1. The Balaban J connectivity index is 1.73. The fourth-order valence-corrected chi connectivity index (χ4v) is 3.64. The van der Waals surface area contributed by atoms with Crippen molar-refractivity contribution in [3.63, 3.8) is 0 Å². The van der Waals surface area contributed by atoms with Crippen LogP contribution in [0.25, 0.3) is 0 Å². The molecule has 1 amide bonds. The maximum atomic E-state index is 12.7. The summed E-state index contributed by atoms with van der Waals surface area (Å²) in [5.74, 6) is -0.156. The van der Waals surface area contributed by atoms with Gasteiger partial charge in [0.25, 0.3) is 5.91 Å². The first kappa shape index (κ1) is 17.8. The second-order valence-electron chi connectivity index (χ2n) is 6.07. The lowest BCUT2D eigenvalue weighted by molar-refractivity contribution is 0.0332. The molecule has 1 aliphatic heterocycles. The number of nitrogens with zero attached hydrogens (tertiary/aromatic N) is 1. The van der Waals surface area contributed by atoms with E-state index in [9.17, 15) is 9.59 Å². The Morgan fingerprint density at radius 3 is 2.44 bits per heavy atom. The van der Waals surface area contributed by atoms with Gasteiger partial charge in [0.2, 0.25) is 0 Å². The molecular formula is C19H22N2O3S. The first-order chi connectivity index (χ1) is 12.1. The molecular weight excluding hydrogens is 336 g/mol. The van der Waals surface area contributed by atoms with Crippen molar-refractivity contribution in [2.24, 2.45) is 0 Å². The Morgan fingerprint density at radius 2 is 1.80 bits per heavy atom. The van der Waals surface area contributed by atoms with Crippen molar-refractivity contribution in [2.75, 3.05) is 32.8 Å². The third kappa shape index (κ3) is 4.75. The van der Waals surface area contributed by atoms with Crippen molar-refractivity contribution in [3.8, 4) is 0 Å². The highest BCUT2D eigenvalue weighted by atomic mass is 32.1. The van der Waals surface area contributed by atoms with E-state index >= 15 is 0 Å². The molecule has 0 saturated carbocycles. The molecule has 132 valence electrons. The van der Waals surface area contributed by atoms with Crippen LogP contribution in [0, 0.1) is 0 Å². The summed E-state index contributed by atoms with van der Waals surface area (Å²) in [6.07, 6.45) is 0. The topological polar surface area (TPSA) is 58.6 Å². The minimum atomic E-state index is -0.139. The lowest BCUT2D eigenvalue weighted by atomic mass is 10.1. The van der Waals surface area contributed by atoms with E-state index in [4.69, 9.17) is 4.74 Å². The van der Waals surface area contributed by atoms with Gasteiger partial charge in [0.1, 0.15) is 0 Å². The third-order valence-electron chi connectivity index (χ3n) is 4.23. The quantitative estimate of drug-likeness (QED) is 0.807. The van der Waals surface area contributed by atoms with E-state index in [1.165, 1.54) is 18.3 Å². The van der Waals surface area contributed by atoms with Gasteiger partial charge >= 0.3 is 0 Å². The summed E-state index contributed by atoms with van der Waals surface area (Å²) in [6, 6.07) is 13.3. The monoisotopic (exact) mass is 358 g/mol. The molecule has 1 aromatic carbocycles. The average molecular weight is 358 g/mol. The minimum Gasteiger partial charge on any atom is -0.379 e. The highest BCUT2D eigenvalue weighted by Gasteiger charge is 2.21. The third-order valence-corrected chi connectivity index (χ3v) is 5.41. The van der Waals surface area contributed by atoms with Crippen LogP contribution in [0.2, 0.25) is 0 Å². The van der Waals surface area contributed by atoms with Crippen LogP contribution in [-0.4, -0.2) is 49.4 Å². The highest BCUT2D eigenvalue weighted by molar-refractivity contribution is 7.15. The first-order valence-corrected chi connectivity index (χ1v) is 9.22. The van der Waals surface area contributed by atoms with Crippen LogP contribution in [-0.2, 0) is 4.74 Å². The fraction of sp³-hybridized carbons (Fsp3) is 0.368. The van der Waals surface area contributed by atoms with Gasteiger partial charge in [-0.25, -0.2) is 0 Å². The van der Waals surface area contributed by atoms with Crippen LogP contribution < -0.4 is 5.32 Å². The number of ketones is 1. The Bertz CT molecular complexity index is 723. The summed E-state index contributed by atoms with van der Waals surface area (Å²) in [6.45, 7) is 5.44. The van der Waals surface area contributed by atoms with Gasteiger partial charge in [0, 0.05) is 19.6 Å². The molecule has 1 fully saturated rings. The molecule has 1 N–H and O–H groups in total. The standard InChI is InChI=1S/C19H22N2O3S/c1-14(22)17-7-8-18(25-17)19(23)20-16(15-5-3-2-4-6-15)13-21-9-11-24-12-10-21/h2-8,16H,9-13H2,1H3,(H,20,23)/t16-/m0/s1. The number of nitrogens with one attached hydrogen (secondary N) is 1. The van der Waals surface area contributed by atoms with Crippen LogP contribution in [0.5, 0.6) is 0 Å². The summed E-state index contributed by atoms with van der Waals surface area (Å²) in [5.41, 5.74) is 1.07. The number of Topliss-reactive ketones (excluding diaryl/α,β-unsaturated/α-hetero) is 1. The van der Waals surface area contributed by atoms with Crippen molar-refractivity contribution in [2.45, 2.75) is 13.0 Å². The van der Waals surface area contributed by atoms with Gasteiger partial charge in [-0.3, -0.25) is 14.5 Å². The van der Waals surface area contributed by atoms with Crippen LogP contribution >= 0.6 is 11.3 Å². The lowest BCUT2D eigenvalue weighted by Gasteiger charge is -2.31. The summed E-state index contributed by atoms with van der Waals surface area (Å²) in [5, 5.41) is 3.13. The molecule has 0 unspecified atom stereocenters. The van der Waals surface area contributed by atoms with E-state index < -0.39 is 0 Å². The number of rotatable bonds is 6. The molecule has 5 nitrogen and oxygen atoms in total. The summed E-state index contributed by atoms with van der Waals surface area (Å²) >= 11 is 1.24. The fourth-order valence-electron chi connectivity index (χ4n) is 2.84. The first-order valence-electron chi connectivity index (χ1n) is 8.40. The molecule has 0 spiro atoms. The maximum Gasteiger partial charge on any atom is 0.261 e. The van der Waals surface area contributed by atoms with Crippen molar-refractivity contribution in [3.05, 3.63) is 57.8 Å². The Labute approximate surface area is 151 Å². The van der Waals surface area contributed by atoms with Crippen molar-refractivity contribution in [1.82, 2.24) is 10.2 Å². The predicted octanol–water partition coefficient (Wildman–Crippen LogP) is 2.75. The van der Waals surface area contributed by atoms with E-state index in [-0.39, 0.29) is 17.7 Å². The molecule has 0 bridgehead atoms. The number of amides is 1. The molecule has 2 heterocycles. The van der Waals surface area contributed by atoms with Gasteiger partial charge in [-0.1, -0.05) is 30.3 Å². The van der Waals surface area contributed by atoms with Gasteiger partial charge in [-0.2, -0.15) is 0 Å². The van der Waals surface area contributed by atoms with Crippen molar-refractivity contribution >= 4 is 23.0 Å². The molecule has 2 aromatic rings. The highest BCUT2D eigenvalue weighted by Crippen LogP contribution is 2.20. The zero-order valence-electron chi connectivity index (χ0n) is 14.2. The minimum absolute atomic E-state index is 0.0167. The number of thiophene rings is 1. The van der Waals surface area contributed by atoms with E-state index in [2.05, 4.69) is 10.2 Å². The SMILES string of the molecule is CC(=O)c1ccc(C(=O)N[C@@H](CN2CCOCC2)c2ccccc2)s1. The number of benzene rings is 1. The van der Waals surface area contributed by atoms with Crippen LogP contribution in [0.1, 0.15) is 37.9 Å². The summed E-state index contributed by atoms with van der Waals surface area (Å²) in [7, 11) is 0. The number of hydrogen-bond acceptors (Lipinski definition) is 5. The number of morpholine rings is 1. The molecule has 1 aromatic heterocycles. The molecule has 1 atom stereocenters. The Hall–Kier alpha value is -2.02. The van der Waals surface area contributed by atoms with E-state index in [1.54, 1.807) is 12.1 Å².